The summed E-state index contributed by atoms with van der Waals surface area (Å²) in [6, 6.07) is 0. The van der Waals surface area contributed by atoms with Crippen LogP contribution in [0.3, 0.4) is 0 Å². The van der Waals surface area contributed by atoms with Gasteiger partial charge in [0, 0.05) is 6.54 Å². The van der Waals surface area contributed by atoms with E-state index in [-0.39, 0.29) is 30.9 Å². The van der Waals surface area contributed by atoms with Crippen LogP contribution in [0.5, 0.6) is 0 Å². The minimum atomic E-state index is -3.63. The van der Waals surface area contributed by atoms with Crippen molar-refractivity contribution in [2.45, 2.75) is 33.8 Å². The Bertz CT molecular complexity index is 461. The molecule has 0 saturated carbocycles. The third-order valence-corrected chi connectivity index (χ3v) is 3.80. The molecular weight excluding hydrogens is 312 g/mol. The lowest BCUT2D eigenvalue weighted by Crippen LogP contribution is -2.44. The average Bonchev–Trinajstić information content (AvgIpc) is 2.33. The number of carboxylic acids is 1. The summed E-state index contributed by atoms with van der Waals surface area (Å²) >= 11 is 0. The summed E-state index contributed by atoms with van der Waals surface area (Å²) in [4.78, 5) is 23.8. The number of aliphatic carboxylic acids is 1. The molecule has 0 fully saturated rings. The quantitative estimate of drug-likeness (QED) is 0.544. The fourth-order valence-corrected chi connectivity index (χ4v) is 2.41. The van der Waals surface area contributed by atoms with Gasteiger partial charge in [-0.2, -0.15) is 0 Å². The smallest absolute Gasteiger partial charge is 0.323 e. The largest absolute Gasteiger partial charge is 0.480 e. The van der Waals surface area contributed by atoms with Gasteiger partial charge in [0.05, 0.1) is 25.0 Å². The van der Waals surface area contributed by atoms with Crippen LogP contribution < -0.4 is 4.72 Å². The number of carboxylic acid groups (broad SMARTS) is 1. The molecule has 0 radical (unpaired) electrons. The number of ether oxygens (including phenoxy) is 1. The summed E-state index contributed by atoms with van der Waals surface area (Å²) in [5.41, 5.74) is 0. The second kappa shape index (κ2) is 9.75. The van der Waals surface area contributed by atoms with E-state index in [4.69, 9.17) is 9.84 Å². The van der Waals surface area contributed by atoms with Crippen LogP contribution in [0, 0.1) is 5.92 Å². The van der Waals surface area contributed by atoms with E-state index in [9.17, 15) is 18.0 Å². The molecular formula is C13H26N2O6S. The SMILES string of the molecule is CC(C)CN(CC(=O)O)C(=O)CNS(=O)(=O)CCOC(C)C. The third-order valence-electron chi connectivity index (χ3n) is 2.51. The van der Waals surface area contributed by atoms with E-state index in [2.05, 4.69) is 4.72 Å². The van der Waals surface area contributed by atoms with E-state index in [0.29, 0.717) is 0 Å². The second-order valence-corrected chi connectivity index (χ2v) is 7.55. The number of nitrogens with one attached hydrogen (secondary N) is 1. The van der Waals surface area contributed by atoms with Crippen molar-refractivity contribution in [3.05, 3.63) is 0 Å². The Kier molecular flexibility index (Phi) is 9.22. The van der Waals surface area contributed by atoms with E-state index in [1.807, 2.05) is 13.8 Å². The van der Waals surface area contributed by atoms with Crippen LogP contribution in [0.15, 0.2) is 0 Å². The fourth-order valence-electron chi connectivity index (χ4n) is 1.61. The molecule has 0 aliphatic rings. The summed E-state index contributed by atoms with van der Waals surface area (Å²) in [6.07, 6.45) is -0.0751. The van der Waals surface area contributed by atoms with Gasteiger partial charge in [-0.05, 0) is 19.8 Å². The summed E-state index contributed by atoms with van der Waals surface area (Å²) in [7, 11) is -3.63. The zero-order valence-electron chi connectivity index (χ0n) is 13.5. The van der Waals surface area contributed by atoms with Gasteiger partial charge in [-0.3, -0.25) is 9.59 Å². The van der Waals surface area contributed by atoms with Crippen LogP contribution in [0.1, 0.15) is 27.7 Å². The number of carbonyl (C=O) groups is 2. The topological polar surface area (TPSA) is 113 Å². The molecule has 0 spiro atoms. The molecule has 0 aromatic rings. The van der Waals surface area contributed by atoms with Crippen molar-refractivity contribution in [2.75, 3.05) is 32.0 Å². The molecule has 0 heterocycles. The van der Waals surface area contributed by atoms with Gasteiger partial charge in [-0.1, -0.05) is 13.8 Å². The Morgan fingerprint density at radius 2 is 1.82 bits per heavy atom. The molecule has 0 saturated heterocycles. The molecule has 0 bridgehead atoms. The van der Waals surface area contributed by atoms with E-state index in [1.165, 1.54) is 0 Å². The number of rotatable bonds is 11. The van der Waals surface area contributed by atoms with Crippen LogP contribution in [-0.2, 0) is 24.3 Å². The minimum Gasteiger partial charge on any atom is -0.480 e. The maximum Gasteiger partial charge on any atom is 0.323 e. The third kappa shape index (κ3) is 10.5. The van der Waals surface area contributed by atoms with Gasteiger partial charge in [0.2, 0.25) is 15.9 Å². The highest BCUT2D eigenvalue weighted by atomic mass is 32.2. The minimum absolute atomic E-state index is 0.0338. The Balaban J connectivity index is 4.44. The summed E-state index contributed by atoms with van der Waals surface area (Å²) in [5.74, 6) is -1.87. The molecule has 2 N–H and O–H groups in total. The number of hydrogen-bond acceptors (Lipinski definition) is 5. The molecule has 0 aliphatic carbocycles. The molecule has 22 heavy (non-hydrogen) atoms. The highest BCUT2D eigenvalue weighted by molar-refractivity contribution is 7.89. The molecule has 0 atom stereocenters. The van der Waals surface area contributed by atoms with Crippen molar-refractivity contribution in [1.82, 2.24) is 9.62 Å². The van der Waals surface area contributed by atoms with E-state index in [0.717, 1.165) is 4.90 Å². The van der Waals surface area contributed by atoms with Crippen LogP contribution >= 0.6 is 0 Å². The normalized spacial score (nSPS) is 11.9. The van der Waals surface area contributed by atoms with Gasteiger partial charge in [-0.25, -0.2) is 13.1 Å². The lowest BCUT2D eigenvalue weighted by molar-refractivity contribution is -0.144. The predicted octanol–water partition coefficient (Wildman–Crippen LogP) is -0.1000. The summed E-state index contributed by atoms with van der Waals surface area (Å²) < 4.78 is 30.7. The first kappa shape index (κ1) is 20.8. The molecule has 1 amide bonds. The number of nitrogens with zero attached hydrogens (tertiary/aromatic N) is 1. The Morgan fingerprint density at radius 1 is 1.23 bits per heavy atom. The van der Waals surface area contributed by atoms with Gasteiger partial charge < -0.3 is 14.7 Å². The highest BCUT2D eigenvalue weighted by Crippen LogP contribution is 2.00. The maximum absolute atomic E-state index is 11.9. The number of carbonyl (C=O) groups excluding carboxylic acids is 1. The van der Waals surface area contributed by atoms with Crippen molar-refractivity contribution in [1.29, 1.82) is 0 Å². The van der Waals surface area contributed by atoms with Crippen molar-refractivity contribution in [2.24, 2.45) is 5.92 Å². The van der Waals surface area contributed by atoms with Crippen LogP contribution in [0.4, 0.5) is 0 Å². The predicted molar refractivity (Wildman–Crippen MR) is 81.9 cm³/mol. The first-order chi connectivity index (χ1) is 10.0. The molecule has 9 heteroatoms. The van der Waals surface area contributed by atoms with Crippen molar-refractivity contribution in [3.8, 4) is 0 Å². The van der Waals surface area contributed by atoms with Gasteiger partial charge in [0.25, 0.3) is 0 Å². The average molecular weight is 338 g/mol. The number of sulfonamides is 1. The Labute approximate surface area is 131 Å². The molecule has 0 aromatic carbocycles. The summed E-state index contributed by atoms with van der Waals surface area (Å²) in [5, 5.41) is 8.79. The Hall–Kier alpha value is -1.19. The lowest BCUT2D eigenvalue weighted by Gasteiger charge is -2.22. The first-order valence-corrected chi connectivity index (χ1v) is 8.77. The molecule has 0 aliphatic heterocycles. The molecule has 130 valence electrons. The maximum atomic E-state index is 11.9. The summed E-state index contributed by atoms with van der Waals surface area (Å²) in [6.45, 7) is 6.65. The van der Waals surface area contributed by atoms with Gasteiger partial charge in [-0.15, -0.1) is 0 Å². The van der Waals surface area contributed by atoms with E-state index in [1.54, 1.807) is 13.8 Å². The van der Waals surface area contributed by atoms with E-state index < -0.39 is 35.0 Å². The molecule has 0 rings (SSSR count). The van der Waals surface area contributed by atoms with Gasteiger partial charge in [0.1, 0.15) is 6.54 Å². The highest BCUT2D eigenvalue weighted by Gasteiger charge is 2.20. The van der Waals surface area contributed by atoms with Crippen LogP contribution in [0.2, 0.25) is 0 Å². The van der Waals surface area contributed by atoms with Crippen LogP contribution in [-0.4, -0.2) is 68.4 Å². The van der Waals surface area contributed by atoms with Crippen LogP contribution in [0.25, 0.3) is 0 Å². The van der Waals surface area contributed by atoms with Gasteiger partial charge in [0.15, 0.2) is 0 Å². The standard InChI is InChI=1S/C13H26N2O6S/c1-10(2)8-15(9-13(17)18)12(16)7-14-22(19,20)6-5-21-11(3)4/h10-11,14H,5-9H2,1-4H3,(H,17,18). The van der Waals surface area contributed by atoms with Gasteiger partial charge >= 0.3 is 5.97 Å². The zero-order chi connectivity index (χ0) is 17.3. The van der Waals surface area contributed by atoms with Crippen molar-refractivity contribution in [3.63, 3.8) is 0 Å². The molecule has 0 unspecified atom stereocenters. The molecule has 0 aromatic heterocycles. The Morgan fingerprint density at radius 3 is 2.27 bits per heavy atom. The number of hydrogen-bond donors (Lipinski definition) is 2. The van der Waals surface area contributed by atoms with Crippen molar-refractivity contribution >= 4 is 21.9 Å². The second-order valence-electron chi connectivity index (χ2n) is 5.62. The van der Waals surface area contributed by atoms with E-state index >= 15 is 0 Å². The zero-order valence-corrected chi connectivity index (χ0v) is 14.4. The first-order valence-electron chi connectivity index (χ1n) is 7.12. The monoisotopic (exact) mass is 338 g/mol. The molecule has 8 nitrogen and oxygen atoms in total. The lowest BCUT2D eigenvalue weighted by atomic mass is 10.2. The van der Waals surface area contributed by atoms with Crippen molar-refractivity contribution < 1.29 is 27.9 Å². The fraction of sp³-hybridized carbons (Fsp3) is 0.846. The number of amides is 1.